The fourth-order valence-electron chi connectivity index (χ4n) is 0.821. The second-order valence-electron chi connectivity index (χ2n) is 2.56. The fraction of sp³-hybridized carbons (Fsp3) is 0.250. The highest BCUT2D eigenvalue weighted by atomic mass is 16.4. The number of nitrogens with one attached hydrogen (secondary N) is 1. The first-order chi connectivity index (χ1) is 6.65. The largest absolute Gasteiger partial charge is 0.480 e. The van der Waals surface area contributed by atoms with Gasteiger partial charge in [-0.15, -0.1) is 0 Å². The summed E-state index contributed by atoms with van der Waals surface area (Å²) in [7, 11) is 0. The van der Waals surface area contributed by atoms with Gasteiger partial charge in [0.05, 0.1) is 18.4 Å². The summed E-state index contributed by atoms with van der Waals surface area (Å²) in [6.07, 6.45) is 2.48. The number of aliphatic hydroxyl groups excluding tert-OH is 1. The van der Waals surface area contributed by atoms with Crippen molar-refractivity contribution >= 4 is 11.9 Å². The average molecular weight is 199 g/mol. The highest BCUT2D eigenvalue weighted by Gasteiger charge is 2.19. The van der Waals surface area contributed by atoms with Crippen molar-refractivity contribution in [2.24, 2.45) is 0 Å². The number of rotatable bonds is 4. The highest BCUT2D eigenvalue weighted by Crippen LogP contribution is 1.99. The molecule has 0 spiro atoms. The molecule has 76 valence electrons. The lowest BCUT2D eigenvalue weighted by molar-refractivity contribution is -0.140. The van der Waals surface area contributed by atoms with Gasteiger partial charge < -0.3 is 19.9 Å². The molecule has 6 nitrogen and oxygen atoms in total. The minimum atomic E-state index is -1.29. The van der Waals surface area contributed by atoms with Crippen LogP contribution in [0.4, 0.5) is 0 Å². The molecule has 0 radical (unpaired) electrons. The van der Waals surface area contributed by atoms with Crippen LogP contribution in [0.15, 0.2) is 23.0 Å². The number of carboxylic acid groups (broad SMARTS) is 1. The van der Waals surface area contributed by atoms with Crippen LogP contribution in [0.1, 0.15) is 10.4 Å². The molecule has 3 N–H and O–H groups in total. The predicted octanol–water partition coefficient (Wildman–Crippen LogP) is -0.545. The Morgan fingerprint density at radius 1 is 1.57 bits per heavy atom. The van der Waals surface area contributed by atoms with Crippen LogP contribution < -0.4 is 5.32 Å². The Bertz CT molecular complexity index is 318. The minimum absolute atomic E-state index is 0.213. The van der Waals surface area contributed by atoms with Gasteiger partial charge >= 0.3 is 5.97 Å². The maximum absolute atomic E-state index is 11.2. The van der Waals surface area contributed by atoms with Crippen molar-refractivity contribution in [1.29, 1.82) is 0 Å². The zero-order valence-corrected chi connectivity index (χ0v) is 7.14. The van der Waals surface area contributed by atoms with E-state index in [1.807, 2.05) is 0 Å². The van der Waals surface area contributed by atoms with Crippen LogP contribution in [0.3, 0.4) is 0 Å². The van der Waals surface area contributed by atoms with E-state index >= 15 is 0 Å². The van der Waals surface area contributed by atoms with Crippen LogP contribution in [0.2, 0.25) is 0 Å². The summed E-state index contributed by atoms with van der Waals surface area (Å²) in [6, 6.07) is 0.100. The van der Waals surface area contributed by atoms with E-state index < -0.39 is 24.5 Å². The van der Waals surface area contributed by atoms with Gasteiger partial charge in [-0.2, -0.15) is 0 Å². The van der Waals surface area contributed by atoms with Gasteiger partial charge in [0, 0.05) is 0 Å². The van der Waals surface area contributed by atoms with Crippen LogP contribution in [0.25, 0.3) is 0 Å². The first kappa shape index (κ1) is 10.3. The molecule has 14 heavy (non-hydrogen) atoms. The Balaban J connectivity index is 2.60. The Hall–Kier alpha value is -1.82. The number of furan rings is 1. The Kier molecular flexibility index (Phi) is 3.24. The zero-order valence-electron chi connectivity index (χ0n) is 7.14. The standard InChI is InChI=1S/C8H9NO5/c10-3-6(8(12)13)9-7(11)5-1-2-14-4-5/h1-2,4,6,10H,3H2,(H,9,11)(H,12,13). The van der Waals surface area contributed by atoms with E-state index in [1.165, 1.54) is 18.6 Å². The second kappa shape index (κ2) is 4.43. The Morgan fingerprint density at radius 2 is 2.29 bits per heavy atom. The summed E-state index contributed by atoms with van der Waals surface area (Å²) in [5.41, 5.74) is 0.213. The number of hydrogen-bond acceptors (Lipinski definition) is 4. The number of amides is 1. The lowest BCUT2D eigenvalue weighted by Crippen LogP contribution is -2.43. The van der Waals surface area contributed by atoms with Crippen LogP contribution in [0, 0.1) is 0 Å². The van der Waals surface area contributed by atoms with Gasteiger partial charge in [-0.3, -0.25) is 4.79 Å². The molecule has 0 aromatic carbocycles. The van der Waals surface area contributed by atoms with E-state index in [1.54, 1.807) is 0 Å². The minimum Gasteiger partial charge on any atom is -0.480 e. The van der Waals surface area contributed by atoms with Crippen molar-refractivity contribution in [3.8, 4) is 0 Å². The smallest absolute Gasteiger partial charge is 0.328 e. The van der Waals surface area contributed by atoms with Crippen LogP contribution >= 0.6 is 0 Å². The topological polar surface area (TPSA) is 99.8 Å². The normalized spacial score (nSPS) is 12.1. The molecule has 0 fully saturated rings. The quantitative estimate of drug-likeness (QED) is 0.604. The molecule has 1 rings (SSSR count). The SMILES string of the molecule is O=C(NC(CO)C(=O)O)c1ccoc1. The van der Waals surface area contributed by atoms with Gasteiger partial charge in [-0.05, 0) is 6.07 Å². The van der Waals surface area contributed by atoms with Gasteiger partial charge in [-0.1, -0.05) is 0 Å². The third-order valence-corrected chi connectivity index (χ3v) is 1.57. The number of carbonyl (C=O) groups excluding carboxylic acids is 1. The molecule has 1 unspecified atom stereocenters. The van der Waals surface area contributed by atoms with Gasteiger partial charge in [0.1, 0.15) is 6.26 Å². The van der Waals surface area contributed by atoms with Crippen molar-refractivity contribution in [3.05, 3.63) is 24.2 Å². The molecule has 1 heterocycles. The molecule has 0 aliphatic heterocycles. The summed E-state index contributed by atoms with van der Waals surface area (Å²) in [6.45, 7) is -0.654. The number of aliphatic hydroxyl groups is 1. The number of aliphatic carboxylic acids is 1. The molecule has 6 heteroatoms. The van der Waals surface area contributed by atoms with E-state index in [4.69, 9.17) is 10.2 Å². The zero-order chi connectivity index (χ0) is 10.6. The Morgan fingerprint density at radius 3 is 2.71 bits per heavy atom. The van der Waals surface area contributed by atoms with Crippen molar-refractivity contribution in [2.75, 3.05) is 6.61 Å². The molecule has 0 bridgehead atoms. The number of carbonyl (C=O) groups is 2. The lowest BCUT2D eigenvalue weighted by atomic mass is 10.2. The Labute approximate surface area is 79.1 Å². The molecule has 0 saturated heterocycles. The monoisotopic (exact) mass is 199 g/mol. The van der Waals surface area contributed by atoms with Gasteiger partial charge in [0.2, 0.25) is 0 Å². The molecule has 1 aromatic heterocycles. The van der Waals surface area contributed by atoms with Crippen LogP contribution in [0.5, 0.6) is 0 Å². The molecular weight excluding hydrogens is 190 g/mol. The molecule has 0 saturated carbocycles. The first-order valence-electron chi connectivity index (χ1n) is 3.82. The molecule has 1 aromatic rings. The van der Waals surface area contributed by atoms with Crippen molar-refractivity contribution in [2.45, 2.75) is 6.04 Å². The van der Waals surface area contributed by atoms with Crippen molar-refractivity contribution < 1.29 is 24.2 Å². The summed E-state index contributed by atoms with van der Waals surface area (Å²) >= 11 is 0. The molecular formula is C8H9NO5. The van der Waals surface area contributed by atoms with Gasteiger partial charge in [0.15, 0.2) is 6.04 Å². The van der Waals surface area contributed by atoms with E-state index in [-0.39, 0.29) is 5.56 Å². The van der Waals surface area contributed by atoms with Gasteiger partial charge in [-0.25, -0.2) is 4.79 Å². The van der Waals surface area contributed by atoms with Crippen molar-refractivity contribution in [3.63, 3.8) is 0 Å². The fourth-order valence-corrected chi connectivity index (χ4v) is 0.821. The lowest BCUT2D eigenvalue weighted by Gasteiger charge is -2.09. The summed E-state index contributed by atoms with van der Waals surface area (Å²) in [5, 5.41) is 19.3. The van der Waals surface area contributed by atoms with Crippen molar-refractivity contribution in [1.82, 2.24) is 5.32 Å². The average Bonchev–Trinajstić information content (AvgIpc) is 2.65. The van der Waals surface area contributed by atoms with E-state index in [9.17, 15) is 9.59 Å². The molecule has 1 atom stereocenters. The number of carboxylic acids is 1. The van der Waals surface area contributed by atoms with Gasteiger partial charge in [0.25, 0.3) is 5.91 Å². The predicted molar refractivity (Wildman–Crippen MR) is 44.7 cm³/mol. The summed E-state index contributed by atoms with van der Waals surface area (Å²) < 4.78 is 4.64. The molecule has 0 aliphatic carbocycles. The first-order valence-corrected chi connectivity index (χ1v) is 3.82. The number of hydrogen-bond donors (Lipinski definition) is 3. The second-order valence-corrected chi connectivity index (χ2v) is 2.56. The summed E-state index contributed by atoms with van der Waals surface area (Å²) in [4.78, 5) is 21.7. The highest BCUT2D eigenvalue weighted by molar-refractivity contribution is 5.96. The van der Waals surface area contributed by atoms with E-state index in [0.717, 1.165) is 0 Å². The molecule has 0 aliphatic rings. The molecule has 1 amide bonds. The van der Waals surface area contributed by atoms with Crippen LogP contribution in [-0.4, -0.2) is 34.7 Å². The maximum atomic E-state index is 11.2. The van der Waals surface area contributed by atoms with E-state index in [0.29, 0.717) is 0 Å². The third kappa shape index (κ3) is 2.33. The third-order valence-electron chi connectivity index (χ3n) is 1.57. The summed E-state index contributed by atoms with van der Waals surface area (Å²) in [5.74, 6) is -1.88. The maximum Gasteiger partial charge on any atom is 0.328 e. The van der Waals surface area contributed by atoms with E-state index in [2.05, 4.69) is 9.73 Å². The van der Waals surface area contributed by atoms with Crippen LogP contribution in [-0.2, 0) is 4.79 Å².